The molecule has 7 heteroatoms. The van der Waals surface area contributed by atoms with Crippen molar-refractivity contribution in [2.45, 2.75) is 32.6 Å². The summed E-state index contributed by atoms with van der Waals surface area (Å²) in [5.74, 6) is 0.300. The summed E-state index contributed by atoms with van der Waals surface area (Å²) in [6, 6.07) is 19.4. The highest BCUT2D eigenvalue weighted by atomic mass is 16.6. The molecule has 0 aliphatic heterocycles. The van der Waals surface area contributed by atoms with Gasteiger partial charge in [-0.3, -0.25) is 14.9 Å². The van der Waals surface area contributed by atoms with Gasteiger partial charge in [-0.05, 0) is 46.9 Å². The number of fused-ring (bicyclic) bond motifs is 1. The molecule has 32 heavy (non-hydrogen) atoms. The average Bonchev–Trinajstić information content (AvgIpc) is 3.17. The predicted octanol–water partition coefficient (Wildman–Crippen LogP) is 5.88. The fourth-order valence-corrected chi connectivity index (χ4v) is 3.37. The minimum Gasteiger partial charge on any atom is -0.436 e. The van der Waals surface area contributed by atoms with Gasteiger partial charge in [-0.15, -0.1) is 0 Å². The molecule has 4 aromatic rings. The minimum absolute atomic E-state index is 0.00510. The molecule has 0 fully saturated rings. The number of nitrogens with zero attached hydrogens (tertiary/aromatic N) is 2. The monoisotopic (exact) mass is 429 g/mol. The van der Waals surface area contributed by atoms with Crippen LogP contribution in [0.3, 0.4) is 0 Å². The summed E-state index contributed by atoms with van der Waals surface area (Å²) in [6.07, 6.45) is 0.111. The molecule has 1 heterocycles. The lowest BCUT2D eigenvalue weighted by atomic mass is 9.87. The molecule has 0 atom stereocenters. The van der Waals surface area contributed by atoms with Gasteiger partial charge in [0, 0.05) is 23.4 Å². The number of carbonyl (C=O) groups excluding carboxylic acids is 1. The number of nitro groups is 1. The fourth-order valence-electron chi connectivity index (χ4n) is 3.37. The molecular weight excluding hydrogens is 406 g/mol. The average molecular weight is 429 g/mol. The molecule has 0 aliphatic carbocycles. The quantitative estimate of drug-likeness (QED) is 0.315. The Labute approximate surface area is 185 Å². The van der Waals surface area contributed by atoms with E-state index in [1.54, 1.807) is 30.3 Å². The summed E-state index contributed by atoms with van der Waals surface area (Å²) >= 11 is 0. The number of benzene rings is 3. The van der Waals surface area contributed by atoms with Gasteiger partial charge in [0.2, 0.25) is 11.8 Å². The van der Waals surface area contributed by atoms with Gasteiger partial charge in [0.1, 0.15) is 5.52 Å². The normalized spacial score (nSPS) is 11.5. The number of aromatic nitrogens is 1. The van der Waals surface area contributed by atoms with Crippen LogP contribution in [0.4, 0.5) is 11.4 Å². The summed E-state index contributed by atoms with van der Waals surface area (Å²) in [6.45, 7) is 6.50. The maximum atomic E-state index is 12.4. The molecule has 1 aromatic heterocycles. The van der Waals surface area contributed by atoms with Crippen LogP contribution in [0.2, 0.25) is 0 Å². The third kappa shape index (κ3) is 4.67. The Kier molecular flexibility index (Phi) is 5.48. The fraction of sp³-hybridized carbons (Fsp3) is 0.200. The lowest BCUT2D eigenvalue weighted by molar-refractivity contribution is -0.384. The first-order chi connectivity index (χ1) is 15.2. The van der Waals surface area contributed by atoms with Crippen molar-refractivity contribution in [1.82, 2.24) is 4.98 Å². The molecule has 0 bridgehead atoms. The van der Waals surface area contributed by atoms with E-state index in [9.17, 15) is 14.9 Å². The van der Waals surface area contributed by atoms with Gasteiger partial charge in [0.05, 0.1) is 11.3 Å². The smallest absolute Gasteiger partial charge is 0.269 e. The van der Waals surface area contributed by atoms with Crippen LogP contribution >= 0.6 is 0 Å². The van der Waals surface area contributed by atoms with Crippen molar-refractivity contribution < 1.29 is 14.1 Å². The minimum atomic E-state index is -0.468. The van der Waals surface area contributed by atoms with E-state index in [1.165, 1.54) is 17.7 Å². The second-order valence-electron chi connectivity index (χ2n) is 8.68. The number of oxazole rings is 1. The molecule has 4 rings (SSSR count). The summed E-state index contributed by atoms with van der Waals surface area (Å²) < 4.78 is 5.89. The third-order valence-electron chi connectivity index (χ3n) is 5.18. The highest BCUT2D eigenvalue weighted by Crippen LogP contribution is 2.29. The second kappa shape index (κ2) is 8.26. The zero-order valence-corrected chi connectivity index (χ0v) is 18.1. The van der Waals surface area contributed by atoms with Gasteiger partial charge in [-0.1, -0.05) is 45.0 Å². The number of rotatable bonds is 5. The lowest BCUT2D eigenvalue weighted by Gasteiger charge is -2.18. The standard InChI is InChI=1S/C25H23N3O4/c1-25(2,3)18-8-6-17(7-9-18)24-27-21-15-19(10-13-22(21)32-24)26-23(29)14-16-4-11-20(12-5-16)28(30)31/h4-13,15H,14H2,1-3H3,(H,26,29). The first-order valence-corrected chi connectivity index (χ1v) is 10.2. The Bertz CT molecular complexity index is 1280. The largest absolute Gasteiger partial charge is 0.436 e. The van der Waals surface area contributed by atoms with Crippen LogP contribution in [-0.4, -0.2) is 15.8 Å². The summed E-state index contributed by atoms with van der Waals surface area (Å²) in [4.78, 5) is 27.2. The number of anilines is 1. The van der Waals surface area contributed by atoms with Gasteiger partial charge in [-0.25, -0.2) is 4.98 Å². The number of amides is 1. The van der Waals surface area contributed by atoms with Crippen molar-refractivity contribution in [2.75, 3.05) is 5.32 Å². The summed E-state index contributed by atoms with van der Waals surface area (Å²) in [5.41, 5.74) is 4.76. The number of non-ortho nitro benzene ring substituents is 1. The van der Waals surface area contributed by atoms with E-state index >= 15 is 0 Å². The Hall–Kier alpha value is -4.00. The van der Waals surface area contributed by atoms with Gasteiger partial charge in [0.15, 0.2) is 5.58 Å². The maximum Gasteiger partial charge on any atom is 0.269 e. The number of nitrogens with one attached hydrogen (secondary N) is 1. The number of hydrogen-bond donors (Lipinski definition) is 1. The molecule has 3 aromatic carbocycles. The van der Waals surface area contributed by atoms with Crippen molar-refractivity contribution in [3.8, 4) is 11.5 Å². The Balaban J connectivity index is 1.48. The van der Waals surface area contributed by atoms with Crippen LogP contribution < -0.4 is 5.32 Å². The number of nitro benzene ring substituents is 1. The Morgan fingerprint density at radius 1 is 1.03 bits per heavy atom. The van der Waals surface area contributed by atoms with Crippen molar-refractivity contribution in [1.29, 1.82) is 0 Å². The Morgan fingerprint density at radius 2 is 1.72 bits per heavy atom. The van der Waals surface area contributed by atoms with Crippen LogP contribution in [0.1, 0.15) is 31.9 Å². The molecule has 0 saturated heterocycles. The maximum absolute atomic E-state index is 12.4. The van der Waals surface area contributed by atoms with Crippen LogP contribution in [0.5, 0.6) is 0 Å². The molecule has 0 aliphatic rings. The molecule has 1 N–H and O–H groups in total. The summed E-state index contributed by atoms with van der Waals surface area (Å²) in [7, 11) is 0. The van der Waals surface area contributed by atoms with Crippen molar-refractivity contribution >= 4 is 28.4 Å². The second-order valence-corrected chi connectivity index (χ2v) is 8.68. The molecule has 0 radical (unpaired) electrons. The number of carbonyl (C=O) groups is 1. The van der Waals surface area contributed by atoms with E-state index in [4.69, 9.17) is 4.42 Å². The van der Waals surface area contributed by atoms with Crippen LogP contribution in [0.15, 0.2) is 71.1 Å². The van der Waals surface area contributed by atoms with E-state index < -0.39 is 4.92 Å². The molecule has 0 spiro atoms. The van der Waals surface area contributed by atoms with E-state index in [0.717, 1.165) is 5.56 Å². The van der Waals surface area contributed by atoms with E-state index in [2.05, 4.69) is 43.2 Å². The zero-order valence-electron chi connectivity index (χ0n) is 18.1. The molecular formula is C25H23N3O4. The first-order valence-electron chi connectivity index (χ1n) is 10.2. The van der Waals surface area contributed by atoms with E-state index in [-0.39, 0.29) is 23.4 Å². The van der Waals surface area contributed by atoms with Gasteiger partial charge in [-0.2, -0.15) is 0 Å². The van der Waals surface area contributed by atoms with Crippen LogP contribution in [-0.2, 0) is 16.6 Å². The summed E-state index contributed by atoms with van der Waals surface area (Å²) in [5, 5.41) is 13.6. The van der Waals surface area contributed by atoms with Crippen molar-refractivity contribution in [2.24, 2.45) is 0 Å². The van der Waals surface area contributed by atoms with Crippen LogP contribution in [0, 0.1) is 10.1 Å². The lowest BCUT2D eigenvalue weighted by Crippen LogP contribution is -2.14. The molecule has 162 valence electrons. The topological polar surface area (TPSA) is 98.3 Å². The molecule has 0 unspecified atom stereocenters. The van der Waals surface area contributed by atoms with E-state index in [1.807, 2.05) is 12.1 Å². The molecule has 1 amide bonds. The highest BCUT2D eigenvalue weighted by Gasteiger charge is 2.15. The van der Waals surface area contributed by atoms with Gasteiger partial charge >= 0.3 is 0 Å². The highest BCUT2D eigenvalue weighted by molar-refractivity contribution is 5.94. The van der Waals surface area contributed by atoms with E-state index in [0.29, 0.717) is 28.2 Å². The van der Waals surface area contributed by atoms with Crippen molar-refractivity contribution in [3.63, 3.8) is 0 Å². The predicted molar refractivity (Wildman–Crippen MR) is 124 cm³/mol. The molecule has 0 saturated carbocycles. The molecule has 7 nitrogen and oxygen atoms in total. The van der Waals surface area contributed by atoms with Gasteiger partial charge < -0.3 is 9.73 Å². The van der Waals surface area contributed by atoms with Crippen molar-refractivity contribution in [3.05, 3.63) is 88.0 Å². The number of hydrogen-bond acceptors (Lipinski definition) is 5. The van der Waals surface area contributed by atoms with Gasteiger partial charge in [0.25, 0.3) is 5.69 Å². The SMILES string of the molecule is CC(C)(C)c1ccc(-c2nc3cc(NC(=O)Cc4ccc([N+](=O)[O-])cc4)ccc3o2)cc1. The third-order valence-corrected chi connectivity index (χ3v) is 5.18. The van der Waals surface area contributed by atoms with Crippen LogP contribution in [0.25, 0.3) is 22.6 Å². The first kappa shape index (κ1) is 21.2. The Morgan fingerprint density at radius 3 is 2.34 bits per heavy atom. The zero-order chi connectivity index (χ0) is 22.9.